The van der Waals surface area contributed by atoms with Crippen molar-refractivity contribution >= 4 is 15.9 Å². The third-order valence-electron chi connectivity index (χ3n) is 2.42. The van der Waals surface area contributed by atoms with E-state index in [4.69, 9.17) is 0 Å². The van der Waals surface area contributed by atoms with Crippen molar-refractivity contribution in [3.63, 3.8) is 0 Å². The number of nitrogens with zero attached hydrogens (tertiary/aromatic N) is 5. The van der Waals surface area contributed by atoms with Gasteiger partial charge in [0.05, 0.1) is 5.69 Å². The first-order valence-electron chi connectivity index (χ1n) is 5.21. The van der Waals surface area contributed by atoms with E-state index in [9.17, 15) is 0 Å². The molecular weight excluding hydrogens is 270 g/mol. The molecule has 0 aromatic carbocycles. The van der Waals surface area contributed by atoms with Crippen LogP contribution < -0.4 is 0 Å². The summed E-state index contributed by atoms with van der Waals surface area (Å²) in [6.07, 6.45) is 7.55. The summed E-state index contributed by atoms with van der Waals surface area (Å²) in [5.74, 6) is 1.07. The first-order chi connectivity index (χ1) is 7.79. The van der Waals surface area contributed by atoms with Gasteiger partial charge in [0.1, 0.15) is 5.82 Å². The summed E-state index contributed by atoms with van der Waals surface area (Å²) in [6.45, 7) is 0.820. The van der Waals surface area contributed by atoms with Crippen molar-refractivity contribution in [2.45, 2.75) is 19.4 Å². The highest BCUT2D eigenvalue weighted by molar-refractivity contribution is 9.09. The SMILES string of the molecule is Cn1ccnc1CCn1cc(CCBr)nn1. The van der Waals surface area contributed by atoms with Crippen LogP contribution in [0.4, 0.5) is 0 Å². The second-order valence-corrected chi connectivity index (χ2v) is 4.41. The molecule has 0 spiro atoms. The summed E-state index contributed by atoms with van der Waals surface area (Å²) < 4.78 is 3.89. The Morgan fingerprint density at radius 2 is 2.25 bits per heavy atom. The quantitative estimate of drug-likeness (QED) is 0.775. The van der Waals surface area contributed by atoms with Gasteiger partial charge in [-0.05, 0) is 0 Å². The zero-order chi connectivity index (χ0) is 11.4. The monoisotopic (exact) mass is 283 g/mol. The molecule has 0 aliphatic rings. The third-order valence-corrected chi connectivity index (χ3v) is 2.82. The lowest BCUT2D eigenvalue weighted by Crippen LogP contribution is -2.06. The normalized spacial score (nSPS) is 10.9. The highest BCUT2D eigenvalue weighted by Crippen LogP contribution is 2.00. The molecule has 6 heteroatoms. The standard InChI is InChI=1S/C10H14BrN5/c1-15-7-5-12-10(15)3-6-16-8-9(2-4-11)13-14-16/h5,7-8H,2-4,6H2,1H3. The molecule has 0 N–H and O–H groups in total. The van der Waals surface area contributed by atoms with E-state index in [0.717, 1.165) is 36.2 Å². The lowest BCUT2D eigenvalue weighted by Gasteiger charge is -2.00. The first-order valence-corrected chi connectivity index (χ1v) is 6.33. The molecule has 2 rings (SSSR count). The van der Waals surface area contributed by atoms with Crippen molar-refractivity contribution < 1.29 is 0 Å². The molecule has 0 saturated carbocycles. The van der Waals surface area contributed by atoms with Crippen molar-refractivity contribution in [1.82, 2.24) is 24.5 Å². The van der Waals surface area contributed by atoms with Crippen LogP contribution in [0.2, 0.25) is 0 Å². The van der Waals surface area contributed by atoms with Gasteiger partial charge in [-0.15, -0.1) is 5.10 Å². The Bertz CT molecular complexity index is 448. The minimum Gasteiger partial charge on any atom is -0.338 e. The lowest BCUT2D eigenvalue weighted by atomic mass is 10.3. The largest absolute Gasteiger partial charge is 0.338 e. The predicted molar refractivity (Wildman–Crippen MR) is 64.4 cm³/mol. The van der Waals surface area contributed by atoms with Gasteiger partial charge in [-0.25, -0.2) is 4.98 Å². The van der Waals surface area contributed by atoms with Gasteiger partial charge in [-0.3, -0.25) is 4.68 Å². The van der Waals surface area contributed by atoms with E-state index in [1.165, 1.54) is 0 Å². The molecule has 0 amide bonds. The second kappa shape index (κ2) is 5.25. The van der Waals surface area contributed by atoms with Crippen LogP contribution in [-0.4, -0.2) is 29.9 Å². The minimum absolute atomic E-state index is 0.820. The maximum atomic E-state index is 4.27. The Labute approximate surface area is 103 Å². The second-order valence-electron chi connectivity index (χ2n) is 3.62. The fraction of sp³-hybridized carbons (Fsp3) is 0.500. The fourth-order valence-corrected chi connectivity index (χ4v) is 1.92. The summed E-state index contributed by atoms with van der Waals surface area (Å²) in [5, 5.41) is 9.08. The average molecular weight is 284 g/mol. The molecule has 2 heterocycles. The number of hydrogen-bond acceptors (Lipinski definition) is 3. The maximum Gasteiger partial charge on any atom is 0.110 e. The van der Waals surface area contributed by atoms with Gasteiger partial charge in [-0.2, -0.15) is 0 Å². The molecule has 0 unspecified atom stereocenters. The molecule has 0 bridgehead atoms. The van der Waals surface area contributed by atoms with Crippen molar-refractivity contribution in [1.29, 1.82) is 0 Å². The molecule has 2 aromatic heterocycles. The number of rotatable bonds is 5. The van der Waals surface area contributed by atoms with E-state index in [1.54, 1.807) is 0 Å². The molecule has 0 aliphatic heterocycles. The number of aryl methyl sites for hydroxylation is 4. The summed E-state index contributed by atoms with van der Waals surface area (Å²) in [4.78, 5) is 4.27. The highest BCUT2D eigenvalue weighted by atomic mass is 79.9. The minimum atomic E-state index is 0.820. The van der Waals surface area contributed by atoms with E-state index in [1.807, 2.05) is 34.9 Å². The number of halogens is 1. The van der Waals surface area contributed by atoms with Gasteiger partial charge in [0.25, 0.3) is 0 Å². The summed E-state index contributed by atoms with van der Waals surface area (Å²) in [6, 6.07) is 0. The number of hydrogen-bond donors (Lipinski definition) is 0. The highest BCUT2D eigenvalue weighted by Gasteiger charge is 2.02. The van der Waals surface area contributed by atoms with Crippen LogP contribution in [0.3, 0.4) is 0 Å². The van der Waals surface area contributed by atoms with Crippen LogP contribution in [0.5, 0.6) is 0 Å². The number of imidazole rings is 1. The van der Waals surface area contributed by atoms with Crippen LogP contribution in [0, 0.1) is 0 Å². The van der Waals surface area contributed by atoms with Gasteiger partial charge < -0.3 is 4.57 Å². The number of alkyl halides is 1. The van der Waals surface area contributed by atoms with Gasteiger partial charge in [0.15, 0.2) is 0 Å². The Kier molecular flexibility index (Phi) is 3.71. The van der Waals surface area contributed by atoms with Crippen molar-refractivity contribution in [2.24, 2.45) is 7.05 Å². The van der Waals surface area contributed by atoms with E-state index in [0.29, 0.717) is 0 Å². The topological polar surface area (TPSA) is 48.5 Å². The maximum absolute atomic E-state index is 4.27. The molecule has 2 aromatic rings. The Morgan fingerprint density at radius 3 is 2.94 bits per heavy atom. The van der Waals surface area contributed by atoms with Crippen LogP contribution >= 0.6 is 15.9 Å². The molecule has 0 radical (unpaired) electrons. The molecule has 5 nitrogen and oxygen atoms in total. The van der Waals surface area contributed by atoms with E-state index >= 15 is 0 Å². The fourth-order valence-electron chi connectivity index (χ4n) is 1.51. The van der Waals surface area contributed by atoms with E-state index in [2.05, 4.69) is 31.2 Å². The molecule has 0 aliphatic carbocycles. The lowest BCUT2D eigenvalue weighted by molar-refractivity contribution is 0.569. The van der Waals surface area contributed by atoms with Crippen molar-refractivity contribution in [3.05, 3.63) is 30.1 Å². The Balaban J connectivity index is 1.92. The molecule has 0 saturated heterocycles. The van der Waals surface area contributed by atoms with Gasteiger partial charge in [0, 0.05) is 50.4 Å². The zero-order valence-corrected chi connectivity index (χ0v) is 10.8. The summed E-state index contributed by atoms with van der Waals surface area (Å²) >= 11 is 3.38. The van der Waals surface area contributed by atoms with E-state index in [-0.39, 0.29) is 0 Å². The number of aromatic nitrogens is 5. The van der Waals surface area contributed by atoms with Crippen LogP contribution in [0.15, 0.2) is 18.6 Å². The third kappa shape index (κ3) is 2.69. The molecular formula is C10H14BrN5. The van der Waals surface area contributed by atoms with Crippen LogP contribution in [0.1, 0.15) is 11.5 Å². The molecule has 16 heavy (non-hydrogen) atoms. The Morgan fingerprint density at radius 1 is 1.38 bits per heavy atom. The van der Waals surface area contributed by atoms with Gasteiger partial charge in [0.2, 0.25) is 0 Å². The van der Waals surface area contributed by atoms with Crippen molar-refractivity contribution in [3.8, 4) is 0 Å². The van der Waals surface area contributed by atoms with Crippen molar-refractivity contribution in [2.75, 3.05) is 5.33 Å². The zero-order valence-electron chi connectivity index (χ0n) is 9.17. The smallest absolute Gasteiger partial charge is 0.110 e. The average Bonchev–Trinajstić information content (AvgIpc) is 2.86. The first kappa shape index (κ1) is 11.3. The van der Waals surface area contributed by atoms with Crippen LogP contribution in [-0.2, 0) is 26.4 Å². The molecule has 86 valence electrons. The van der Waals surface area contributed by atoms with Gasteiger partial charge in [-0.1, -0.05) is 21.1 Å². The predicted octanol–water partition coefficient (Wildman–Crippen LogP) is 1.19. The molecule has 0 atom stereocenters. The molecule has 0 fully saturated rings. The van der Waals surface area contributed by atoms with Crippen LogP contribution in [0.25, 0.3) is 0 Å². The van der Waals surface area contributed by atoms with Gasteiger partial charge >= 0.3 is 0 Å². The summed E-state index contributed by atoms with van der Waals surface area (Å²) in [5.41, 5.74) is 1.02. The Hall–Kier alpha value is -1.17. The summed E-state index contributed by atoms with van der Waals surface area (Å²) in [7, 11) is 2.00. The van der Waals surface area contributed by atoms with E-state index < -0.39 is 0 Å².